The largest absolute Gasteiger partial charge is 0.490 e. The van der Waals surface area contributed by atoms with Crippen LogP contribution in [0, 0.1) is 25.2 Å². The molecule has 0 amide bonds. The van der Waals surface area contributed by atoms with Gasteiger partial charge >= 0.3 is 0 Å². The minimum Gasteiger partial charge on any atom is -0.490 e. The van der Waals surface area contributed by atoms with Gasteiger partial charge in [0, 0.05) is 16.8 Å². The zero-order valence-electron chi connectivity index (χ0n) is 16.8. The van der Waals surface area contributed by atoms with Crippen LogP contribution in [0.4, 0.5) is 5.88 Å². The number of halogens is 2. The Labute approximate surface area is 185 Å². The van der Waals surface area contributed by atoms with Crippen molar-refractivity contribution in [3.8, 4) is 17.6 Å². The summed E-state index contributed by atoms with van der Waals surface area (Å²) in [5, 5.41) is 10.4. The zero-order chi connectivity index (χ0) is 21.7. The first kappa shape index (κ1) is 21.8. The smallest absolute Gasteiger partial charge is 0.237 e. The summed E-state index contributed by atoms with van der Waals surface area (Å²) in [4.78, 5) is 4.32. The molecular weight excluding hydrogens is 423 g/mol. The van der Waals surface area contributed by atoms with Crippen LogP contribution in [0.3, 0.4) is 0 Å². The molecule has 3 rings (SSSR count). The molecule has 0 aliphatic carbocycles. The molecule has 7 heteroatoms. The van der Waals surface area contributed by atoms with Gasteiger partial charge in [0.25, 0.3) is 0 Å². The molecule has 0 N–H and O–H groups in total. The lowest BCUT2D eigenvalue weighted by atomic mass is 10.2. The summed E-state index contributed by atoms with van der Waals surface area (Å²) in [5.74, 6) is 1.89. The maximum absolute atomic E-state index is 9.32. The van der Waals surface area contributed by atoms with Crippen LogP contribution in [0.15, 0.2) is 45.8 Å². The second-order valence-electron chi connectivity index (χ2n) is 6.51. The first-order chi connectivity index (χ1) is 14.4. The molecule has 0 radical (unpaired) electrons. The number of hydrogen-bond acceptors (Lipinski definition) is 5. The monoisotopic (exact) mass is 442 g/mol. The van der Waals surface area contributed by atoms with Crippen LogP contribution in [0.25, 0.3) is 0 Å². The number of rotatable bonds is 7. The van der Waals surface area contributed by atoms with Gasteiger partial charge in [0.2, 0.25) is 5.88 Å². The van der Waals surface area contributed by atoms with Crippen LogP contribution >= 0.6 is 23.2 Å². The van der Waals surface area contributed by atoms with E-state index in [2.05, 4.69) is 11.1 Å². The summed E-state index contributed by atoms with van der Waals surface area (Å²) in [6.45, 7) is 6.27. The van der Waals surface area contributed by atoms with Crippen molar-refractivity contribution in [3.63, 3.8) is 0 Å². The van der Waals surface area contributed by atoms with Gasteiger partial charge < -0.3 is 13.9 Å². The van der Waals surface area contributed by atoms with Crippen molar-refractivity contribution in [1.29, 1.82) is 5.26 Å². The van der Waals surface area contributed by atoms with Crippen LogP contribution < -0.4 is 9.47 Å². The van der Waals surface area contributed by atoms with Gasteiger partial charge in [-0.1, -0.05) is 35.3 Å². The standard InChI is InChI=1S/C23H20Cl2N2O3/c1-4-28-21-10-17(12-27-23-19(11-26)14(2)15(3)30-23)9-20(25)22(21)29-13-16-5-7-18(24)8-6-16/h5-10,12H,4,13H2,1-3H3. The lowest BCUT2D eigenvalue weighted by molar-refractivity contribution is 0.269. The Morgan fingerprint density at radius 3 is 2.53 bits per heavy atom. The predicted molar refractivity (Wildman–Crippen MR) is 119 cm³/mol. The third-order valence-corrected chi connectivity index (χ3v) is 4.97. The van der Waals surface area contributed by atoms with Crippen LogP contribution in [-0.2, 0) is 6.61 Å². The van der Waals surface area contributed by atoms with Gasteiger partial charge in [-0.2, -0.15) is 5.26 Å². The molecule has 3 aromatic rings. The Bertz CT molecular complexity index is 1110. The van der Waals surface area contributed by atoms with E-state index in [-0.39, 0.29) is 5.88 Å². The SMILES string of the molecule is CCOc1cc(C=Nc2oc(C)c(C)c2C#N)cc(Cl)c1OCc1ccc(Cl)cc1. The minimum atomic E-state index is 0.268. The fourth-order valence-corrected chi connectivity index (χ4v) is 3.17. The van der Waals surface area contributed by atoms with E-state index in [4.69, 9.17) is 37.1 Å². The molecule has 0 saturated heterocycles. The predicted octanol–water partition coefficient (Wildman–Crippen LogP) is 6.80. The second-order valence-corrected chi connectivity index (χ2v) is 7.36. The number of aliphatic imine (C=N–C) groups is 1. The Hall–Kier alpha value is -2.94. The molecule has 1 aromatic heterocycles. The van der Waals surface area contributed by atoms with E-state index >= 15 is 0 Å². The first-order valence-corrected chi connectivity index (χ1v) is 10.1. The Morgan fingerprint density at radius 2 is 1.87 bits per heavy atom. The molecule has 0 bridgehead atoms. The molecule has 0 aliphatic rings. The number of nitrogens with zero attached hydrogens (tertiary/aromatic N) is 2. The highest BCUT2D eigenvalue weighted by Crippen LogP contribution is 2.37. The van der Waals surface area contributed by atoms with Gasteiger partial charge in [0.15, 0.2) is 11.5 Å². The Morgan fingerprint density at radius 1 is 1.13 bits per heavy atom. The third-order valence-electron chi connectivity index (χ3n) is 4.44. The van der Waals surface area contributed by atoms with Crippen molar-refractivity contribution in [2.75, 3.05) is 6.61 Å². The minimum absolute atomic E-state index is 0.268. The van der Waals surface area contributed by atoms with Gasteiger partial charge in [0.1, 0.15) is 24.0 Å². The molecule has 154 valence electrons. The van der Waals surface area contributed by atoms with Gasteiger partial charge in [-0.05, 0) is 56.2 Å². The molecular formula is C23H20Cl2N2O3. The highest BCUT2D eigenvalue weighted by atomic mass is 35.5. The highest BCUT2D eigenvalue weighted by molar-refractivity contribution is 6.32. The number of nitriles is 1. The lowest BCUT2D eigenvalue weighted by Gasteiger charge is -2.14. The van der Waals surface area contributed by atoms with Gasteiger partial charge in [-0.3, -0.25) is 0 Å². The summed E-state index contributed by atoms with van der Waals surface area (Å²) in [6, 6.07) is 13.0. The van der Waals surface area contributed by atoms with E-state index in [0.29, 0.717) is 51.6 Å². The molecule has 0 saturated carbocycles. The molecule has 30 heavy (non-hydrogen) atoms. The quantitative estimate of drug-likeness (QED) is 0.377. The first-order valence-electron chi connectivity index (χ1n) is 9.30. The molecule has 0 unspecified atom stereocenters. The summed E-state index contributed by atoms with van der Waals surface area (Å²) in [5.41, 5.74) is 2.85. The van der Waals surface area contributed by atoms with Crippen LogP contribution in [0.5, 0.6) is 11.5 Å². The zero-order valence-corrected chi connectivity index (χ0v) is 18.3. The summed E-state index contributed by atoms with van der Waals surface area (Å²) >= 11 is 12.4. The van der Waals surface area contributed by atoms with Gasteiger partial charge in [0.05, 0.1) is 11.6 Å². The maximum atomic E-state index is 9.32. The van der Waals surface area contributed by atoms with Crippen molar-refractivity contribution >= 4 is 35.3 Å². The van der Waals surface area contributed by atoms with Crippen LogP contribution in [-0.4, -0.2) is 12.8 Å². The lowest BCUT2D eigenvalue weighted by Crippen LogP contribution is -2.01. The second kappa shape index (κ2) is 9.71. The molecule has 5 nitrogen and oxygen atoms in total. The number of furan rings is 1. The summed E-state index contributed by atoms with van der Waals surface area (Å²) in [7, 11) is 0. The normalized spacial score (nSPS) is 10.9. The molecule has 0 atom stereocenters. The maximum Gasteiger partial charge on any atom is 0.237 e. The van der Waals surface area contributed by atoms with Crippen molar-refractivity contribution in [2.24, 2.45) is 4.99 Å². The molecule has 0 fully saturated rings. The Balaban J connectivity index is 1.86. The van der Waals surface area contributed by atoms with E-state index in [0.717, 1.165) is 11.1 Å². The fourth-order valence-electron chi connectivity index (χ4n) is 2.77. The van der Waals surface area contributed by atoms with Crippen molar-refractivity contribution in [1.82, 2.24) is 0 Å². The summed E-state index contributed by atoms with van der Waals surface area (Å²) in [6.07, 6.45) is 1.58. The average Bonchev–Trinajstić information content (AvgIpc) is 3.00. The van der Waals surface area contributed by atoms with E-state index in [1.54, 1.807) is 37.4 Å². The fraction of sp³-hybridized carbons (Fsp3) is 0.217. The molecule has 0 spiro atoms. The van der Waals surface area contributed by atoms with Crippen molar-refractivity contribution in [2.45, 2.75) is 27.4 Å². The van der Waals surface area contributed by atoms with E-state index in [1.807, 2.05) is 26.0 Å². The average molecular weight is 443 g/mol. The number of aryl methyl sites for hydroxylation is 1. The molecule has 2 aromatic carbocycles. The number of hydrogen-bond donors (Lipinski definition) is 0. The summed E-state index contributed by atoms with van der Waals surface area (Å²) < 4.78 is 17.2. The van der Waals surface area contributed by atoms with E-state index < -0.39 is 0 Å². The van der Waals surface area contributed by atoms with Crippen molar-refractivity contribution in [3.05, 3.63) is 74.5 Å². The van der Waals surface area contributed by atoms with Gasteiger partial charge in [-0.15, -0.1) is 0 Å². The van der Waals surface area contributed by atoms with E-state index in [1.165, 1.54) is 0 Å². The Kier molecular flexibility index (Phi) is 7.04. The molecule has 0 aliphatic heterocycles. The van der Waals surface area contributed by atoms with Gasteiger partial charge in [-0.25, -0.2) is 4.99 Å². The number of ether oxygens (including phenoxy) is 2. The molecule has 1 heterocycles. The van der Waals surface area contributed by atoms with Crippen LogP contribution in [0.1, 0.15) is 34.9 Å². The topological polar surface area (TPSA) is 67.8 Å². The highest BCUT2D eigenvalue weighted by Gasteiger charge is 2.15. The number of benzene rings is 2. The van der Waals surface area contributed by atoms with E-state index in [9.17, 15) is 5.26 Å². The van der Waals surface area contributed by atoms with Crippen molar-refractivity contribution < 1.29 is 13.9 Å². The third kappa shape index (κ3) is 4.96. The van der Waals surface area contributed by atoms with Crippen LogP contribution in [0.2, 0.25) is 10.0 Å².